The van der Waals surface area contributed by atoms with E-state index >= 15 is 0 Å². The van der Waals surface area contributed by atoms with Crippen molar-refractivity contribution in [3.63, 3.8) is 0 Å². The van der Waals surface area contributed by atoms with Gasteiger partial charge < -0.3 is 9.88 Å². The van der Waals surface area contributed by atoms with Crippen LogP contribution in [0.1, 0.15) is 28.8 Å². The van der Waals surface area contributed by atoms with Crippen molar-refractivity contribution in [3.05, 3.63) is 47.9 Å². The zero-order valence-electron chi connectivity index (χ0n) is 14.2. The zero-order valence-corrected chi connectivity index (χ0v) is 14.2. The van der Waals surface area contributed by atoms with Gasteiger partial charge in [-0.05, 0) is 30.2 Å². The number of aromatic nitrogens is 3. The average Bonchev–Trinajstić information content (AvgIpc) is 3.26. The van der Waals surface area contributed by atoms with Crippen molar-refractivity contribution in [2.24, 2.45) is 0 Å². The lowest BCUT2D eigenvalue weighted by Gasteiger charge is -2.29. The number of piperidine rings is 1. The van der Waals surface area contributed by atoms with E-state index in [1.165, 1.54) is 6.33 Å². The summed E-state index contributed by atoms with van der Waals surface area (Å²) in [5.41, 5.74) is 3.86. The van der Waals surface area contributed by atoms with Gasteiger partial charge in [0.15, 0.2) is 0 Å². The van der Waals surface area contributed by atoms with E-state index in [0.717, 1.165) is 27.9 Å². The van der Waals surface area contributed by atoms with E-state index in [9.17, 15) is 14.4 Å². The van der Waals surface area contributed by atoms with Crippen molar-refractivity contribution in [2.45, 2.75) is 25.4 Å². The summed E-state index contributed by atoms with van der Waals surface area (Å²) in [6.45, 7) is 0.343. The summed E-state index contributed by atoms with van der Waals surface area (Å²) in [6.07, 6.45) is 3.91. The molecule has 2 N–H and O–H groups in total. The van der Waals surface area contributed by atoms with Gasteiger partial charge in [-0.1, -0.05) is 6.07 Å². The van der Waals surface area contributed by atoms with Gasteiger partial charge in [-0.15, -0.1) is 0 Å². The number of H-pyrrole nitrogens is 1. The Bertz CT molecular complexity index is 1120. The molecule has 3 amide bonds. The fourth-order valence-electron chi connectivity index (χ4n) is 3.82. The maximum Gasteiger partial charge on any atom is 0.255 e. The van der Waals surface area contributed by atoms with Crippen molar-refractivity contribution < 1.29 is 14.4 Å². The Kier molecular flexibility index (Phi) is 3.33. The summed E-state index contributed by atoms with van der Waals surface area (Å²) in [6, 6.07) is 6.88. The Balaban J connectivity index is 1.50. The Morgan fingerprint density at radius 1 is 1.11 bits per heavy atom. The molecule has 2 aliphatic heterocycles. The number of hydrogen-bond acceptors (Lipinski definition) is 5. The minimum atomic E-state index is -0.610. The quantitative estimate of drug-likeness (QED) is 0.671. The number of rotatable bonds is 2. The molecule has 4 heterocycles. The summed E-state index contributed by atoms with van der Waals surface area (Å²) in [5, 5.41) is 3.22. The molecule has 134 valence electrons. The minimum absolute atomic E-state index is 0.180. The molecule has 0 radical (unpaired) electrons. The third kappa shape index (κ3) is 2.41. The van der Waals surface area contributed by atoms with Gasteiger partial charge in [0.25, 0.3) is 5.91 Å². The number of nitrogens with zero attached hydrogens (tertiary/aromatic N) is 3. The van der Waals surface area contributed by atoms with Crippen molar-refractivity contribution in [3.8, 4) is 11.3 Å². The maximum absolute atomic E-state index is 12.8. The first-order valence-corrected chi connectivity index (χ1v) is 8.68. The maximum atomic E-state index is 12.8. The molecule has 27 heavy (non-hydrogen) atoms. The SMILES string of the molecule is O=C1CCC(N2Cc3cc(-c4ncnc5[nH]ccc45)ccc3C2=O)C(=O)N1. The van der Waals surface area contributed by atoms with Gasteiger partial charge in [-0.3, -0.25) is 19.7 Å². The number of benzene rings is 1. The lowest BCUT2D eigenvalue weighted by atomic mass is 10.0. The summed E-state index contributed by atoms with van der Waals surface area (Å²) in [4.78, 5) is 49.5. The molecular weight excluding hydrogens is 346 g/mol. The molecule has 2 aromatic heterocycles. The van der Waals surface area contributed by atoms with Crippen LogP contribution in [0.3, 0.4) is 0 Å². The van der Waals surface area contributed by atoms with Gasteiger partial charge in [0.05, 0.1) is 5.69 Å². The van der Waals surface area contributed by atoms with Gasteiger partial charge in [-0.25, -0.2) is 9.97 Å². The van der Waals surface area contributed by atoms with Crippen LogP contribution < -0.4 is 5.32 Å². The molecule has 1 unspecified atom stereocenters. The molecular formula is C19H15N5O3. The van der Waals surface area contributed by atoms with Crippen LogP contribution in [0, 0.1) is 0 Å². The number of carbonyl (C=O) groups is 3. The fourth-order valence-corrected chi connectivity index (χ4v) is 3.82. The molecule has 3 aromatic rings. The molecule has 8 heteroatoms. The fraction of sp³-hybridized carbons (Fsp3) is 0.211. The number of amides is 3. The minimum Gasteiger partial charge on any atom is -0.346 e. The van der Waals surface area contributed by atoms with Gasteiger partial charge in [0.2, 0.25) is 11.8 Å². The standard InChI is InChI=1S/C19H15N5O3/c25-15-4-3-14(18(26)23-15)24-8-11-7-10(1-2-12(11)19(24)27)16-13-5-6-20-17(13)22-9-21-16/h1-2,5-7,9,14H,3-4,8H2,(H,20,21,22)(H,23,25,26). The van der Waals surface area contributed by atoms with Crippen LogP contribution >= 0.6 is 0 Å². The van der Waals surface area contributed by atoms with Crippen molar-refractivity contribution >= 4 is 28.8 Å². The van der Waals surface area contributed by atoms with Crippen LogP contribution in [-0.4, -0.2) is 43.6 Å². The number of aromatic amines is 1. The number of imide groups is 1. The number of carbonyl (C=O) groups excluding carboxylic acids is 3. The van der Waals surface area contributed by atoms with Crippen LogP contribution in [0.5, 0.6) is 0 Å². The Labute approximate surface area is 153 Å². The molecule has 1 atom stereocenters. The zero-order chi connectivity index (χ0) is 18.5. The van der Waals surface area contributed by atoms with Crippen LogP contribution in [-0.2, 0) is 16.1 Å². The largest absolute Gasteiger partial charge is 0.346 e. The molecule has 0 spiro atoms. The second-order valence-electron chi connectivity index (χ2n) is 6.73. The third-order valence-electron chi connectivity index (χ3n) is 5.15. The molecule has 5 rings (SSSR count). The summed E-state index contributed by atoms with van der Waals surface area (Å²) in [7, 11) is 0. The van der Waals surface area contributed by atoms with E-state index in [2.05, 4.69) is 20.3 Å². The highest BCUT2D eigenvalue weighted by atomic mass is 16.2. The van der Waals surface area contributed by atoms with Gasteiger partial charge in [0.1, 0.15) is 18.0 Å². The van der Waals surface area contributed by atoms with Gasteiger partial charge >= 0.3 is 0 Å². The molecule has 0 saturated carbocycles. The summed E-state index contributed by atoms with van der Waals surface area (Å²) >= 11 is 0. The lowest BCUT2D eigenvalue weighted by molar-refractivity contribution is -0.136. The average molecular weight is 361 g/mol. The Morgan fingerprint density at radius 3 is 2.85 bits per heavy atom. The monoisotopic (exact) mass is 361 g/mol. The topological polar surface area (TPSA) is 108 Å². The Hall–Kier alpha value is -3.55. The van der Waals surface area contributed by atoms with Crippen molar-refractivity contribution in [1.82, 2.24) is 25.2 Å². The van der Waals surface area contributed by atoms with Crippen molar-refractivity contribution in [1.29, 1.82) is 0 Å². The molecule has 1 fully saturated rings. The molecule has 1 aromatic carbocycles. The first kappa shape index (κ1) is 15.7. The van der Waals surface area contributed by atoms with Gasteiger partial charge in [0, 0.05) is 35.7 Å². The summed E-state index contributed by atoms with van der Waals surface area (Å²) < 4.78 is 0. The molecule has 2 aliphatic rings. The van der Waals surface area contributed by atoms with E-state index in [0.29, 0.717) is 18.5 Å². The van der Waals surface area contributed by atoms with Gasteiger partial charge in [-0.2, -0.15) is 0 Å². The predicted octanol–water partition coefficient (Wildman–Crippen LogP) is 1.39. The van der Waals surface area contributed by atoms with Crippen molar-refractivity contribution in [2.75, 3.05) is 0 Å². The number of hydrogen-bond donors (Lipinski definition) is 2. The van der Waals surface area contributed by atoms with E-state index in [1.54, 1.807) is 11.0 Å². The van der Waals surface area contributed by atoms with Crippen LogP contribution in [0.15, 0.2) is 36.8 Å². The third-order valence-corrected chi connectivity index (χ3v) is 5.15. The lowest BCUT2D eigenvalue weighted by Crippen LogP contribution is -2.52. The highest BCUT2D eigenvalue weighted by molar-refractivity contribution is 6.05. The van der Waals surface area contributed by atoms with Crippen LogP contribution in [0.2, 0.25) is 0 Å². The summed E-state index contributed by atoms with van der Waals surface area (Å²) in [5.74, 6) is -0.875. The van der Waals surface area contributed by atoms with E-state index in [1.807, 2.05) is 24.4 Å². The number of nitrogens with one attached hydrogen (secondary N) is 2. The number of fused-ring (bicyclic) bond motifs is 2. The Morgan fingerprint density at radius 2 is 2.00 bits per heavy atom. The molecule has 0 aliphatic carbocycles. The second kappa shape index (κ2) is 5.73. The highest BCUT2D eigenvalue weighted by Gasteiger charge is 2.39. The molecule has 8 nitrogen and oxygen atoms in total. The first-order chi connectivity index (χ1) is 13.1. The normalized spacial score (nSPS) is 19.5. The van der Waals surface area contributed by atoms with E-state index < -0.39 is 11.9 Å². The first-order valence-electron chi connectivity index (χ1n) is 8.68. The van der Waals surface area contributed by atoms with Crippen LogP contribution in [0.25, 0.3) is 22.3 Å². The predicted molar refractivity (Wildman–Crippen MR) is 95.4 cm³/mol. The van der Waals surface area contributed by atoms with Crippen LogP contribution in [0.4, 0.5) is 0 Å². The van der Waals surface area contributed by atoms with E-state index in [-0.39, 0.29) is 18.2 Å². The second-order valence-corrected chi connectivity index (χ2v) is 6.73. The highest BCUT2D eigenvalue weighted by Crippen LogP contribution is 2.32. The van der Waals surface area contributed by atoms with E-state index in [4.69, 9.17) is 0 Å². The molecule has 0 bridgehead atoms. The smallest absolute Gasteiger partial charge is 0.255 e. The molecule has 1 saturated heterocycles.